The van der Waals surface area contributed by atoms with Gasteiger partial charge in [-0.15, -0.1) is 0 Å². The van der Waals surface area contributed by atoms with Gasteiger partial charge in [0.2, 0.25) is 0 Å². The zero-order valence-electron chi connectivity index (χ0n) is 11.0. The molecule has 0 amide bonds. The molecule has 0 unspecified atom stereocenters. The maximum absolute atomic E-state index is 6.03. The predicted octanol–water partition coefficient (Wildman–Crippen LogP) is 2.53. The first-order chi connectivity index (χ1) is 5.91. The van der Waals surface area contributed by atoms with E-state index < -0.39 is 0 Å². The van der Waals surface area contributed by atoms with Gasteiger partial charge in [0, 0.05) is 17.6 Å². The van der Waals surface area contributed by atoms with Crippen LogP contribution in [0.3, 0.4) is 0 Å². The fourth-order valence-electron chi connectivity index (χ4n) is 1.80. The maximum atomic E-state index is 6.03. The van der Waals surface area contributed by atoms with Crippen molar-refractivity contribution in [3.63, 3.8) is 0 Å². The lowest BCUT2D eigenvalue weighted by Gasteiger charge is -2.35. The van der Waals surface area contributed by atoms with Crippen molar-refractivity contribution in [3.8, 4) is 0 Å². The Balaban J connectivity index is 4.09. The largest absolute Gasteiger partial charge is 0.326 e. The number of hydrogen-bond donors (Lipinski definition) is 2. The van der Waals surface area contributed by atoms with Gasteiger partial charge in [-0.25, -0.2) is 0 Å². The zero-order chi connectivity index (χ0) is 11.6. The first-order valence-corrected chi connectivity index (χ1v) is 5.45. The Bertz CT molecular complexity index is 170. The quantitative estimate of drug-likeness (QED) is 0.732. The van der Waals surface area contributed by atoms with Crippen LogP contribution in [-0.4, -0.2) is 17.6 Å². The Kier molecular flexibility index (Phi) is 4.17. The molecule has 0 aliphatic rings. The molecule has 0 atom stereocenters. The summed E-state index contributed by atoms with van der Waals surface area (Å²) < 4.78 is 0. The van der Waals surface area contributed by atoms with Gasteiger partial charge < -0.3 is 11.1 Å². The van der Waals surface area contributed by atoms with Crippen molar-refractivity contribution in [1.82, 2.24) is 5.32 Å². The van der Waals surface area contributed by atoms with Crippen molar-refractivity contribution in [1.29, 1.82) is 0 Å². The molecule has 0 saturated heterocycles. The molecule has 0 aromatic carbocycles. The molecule has 0 aromatic rings. The second kappa shape index (κ2) is 4.19. The number of nitrogens with one attached hydrogen (secondary N) is 1. The van der Waals surface area contributed by atoms with E-state index in [1.54, 1.807) is 0 Å². The fourth-order valence-corrected chi connectivity index (χ4v) is 1.80. The van der Waals surface area contributed by atoms with Crippen LogP contribution in [0.1, 0.15) is 54.9 Å². The highest BCUT2D eigenvalue weighted by molar-refractivity contribution is 4.85. The van der Waals surface area contributed by atoms with Crippen LogP contribution in [0.4, 0.5) is 0 Å². The third-order valence-corrected chi connectivity index (χ3v) is 2.03. The Labute approximate surface area is 89.6 Å². The van der Waals surface area contributed by atoms with Crippen molar-refractivity contribution in [3.05, 3.63) is 0 Å². The van der Waals surface area contributed by atoms with Gasteiger partial charge in [-0.2, -0.15) is 0 Å². The summed E-state index contributed by atoms with van der Waals surface area (Å²) in [5.41, 5.74) is 6.40. The maximum Gasteiger partial charge on any atom is 0.0103 e. The van der Waals surface area contributed by atoms with Gasteiger partial charge >= 0.3 is 0 Å². The van der Waals surface area contributed by atoms with E-state index in [9.17, 15) is 0 Å². The van der Waals surface area contributed by atoms with E-state index in [1.807, 2.05) is 0 Å². The molecule has 0 spiro atoms. The third kappa shape index (κ3) is 8.52. The molecule has 2 heteroatoms. The molecule has 0 aliphatic heterocycles. The first-order valence-electron chi connectivity index (χ1n) is 5.45. The van der Waals surface area contributed by atoms with E-state index in [1.165, 1.54) is 0 Å². The zero-order valence-corrected chi connectivity index (χ0v) is 11.0. The van der Waals surface area contributed by atoms with Gasteiger partial charge in [0.05, 0.1) is 0 Å². The molecule has 0 aliphatic carbocycles. The van der Waals surface area contributed by atoms with E-state index in [4.69, 9.17) is 5.73 Å². The van der Waals surface area contributed by atoms with Crippen LogP contribution in [0.5, 0.6) is 0 Å². The fraction of sp³-hybridized carbons (Fsp3) is 1.00. The highest BCUT2D eigenvalue weighted by Gasteiger charge is 2.26. The monoisotopic (exact) mass is 200 g/mol. The topological polar surface area (TPSA) is 38.0 Å². The van der Waals surface area contributed by atoms with Crippen LogP contribution >= 0.6 is 0 Å². The summed E-state index contributed by atoms with van der Waals surface area (Å²) in [5, 5.41) is 3.53. The van der Waals surface area contributed by atoms with Gasteiger partial charge in [-0.3, -0.25) is 0 Å². The average Bonchev–Trinajstić information content (AvgIpc) is 1.76. The Morgan fingerprint density at radius 3 is 1.64 bits per heavy atom. The molecular formula is C12H28N2. The molecule has 0 rings (SSSR count). The predicted molar refractivity (Wildman–Crippen MR) is 64.4 cm³/mol. The van der Waals surface area contributed by atoms with Gasteiger partial charge in [0.25, 0.3) is 0 Å². The minimum Gasteiger partial charge on any atom is -0.326 e. The molecule has 0 fully saturated rings. The van der Waals surface area contributed by atoms with Crippen LogP contribution in [-0.2, 0) is 0 Å². The molecule has 0 bridgehead atoms. The minimum atomic E-state index is -0.0803. The lowest BCUT2D eigenvalue weighted by molar-refractivity contribution is 0.226. The molecule has 2 nitrogen and oxygen atoms in total. The minimum absolute atomic E-state index is 0.0803. The SMILES string of the molecule is CC(C)(N)CC(C)(C)CNC(C)(C)C. The number of rotatable bonds is 4. The Morgan fingerprint density at radius 1 is 0.929 bits per heavy atom. The van der Waals surface area contributed by atoms with Crippen LogP contribution in [0.15, 0.2) is 0 Å². The molecular weight excluding hydrogens is 172 g/mol. The molecule has 14 heavy (non-hydrogen) atoms. The molecule has 0 aromatic heterocycles. The van der Waals surface area contributed by atoms with Crippen LogP contribution in [0.25, 0.3) is 0 Å². The molecule has 3 N–H and O–H groups in total. The summed E-state index contributed by atoms with van der Waals surface area (Å²) in [6.07, 6.45) is 1.03. The summed E-state index contributed by atoms with van der Waals surface area (Å²) >= 11 is 0. The van der Waals surface area contributed by atoms with Crippen molar-refractivity contribution < 1.29 is 0 Å². The van der Waals surface area contributed by atoms with E-state index in [0.29, 0.717) is 0 Å². The summed E-state index contributed by atoms with van der Waals surface area (Å²) in [7, 11) is 0. The Hall–Kier alpha value is -0.0800. The van der Waals surface area contributed by atoms with Crippen LogP contribution in [0.2, 0.25) is 0 Å². The van der Waals surface area contributed by atoms with Gasteiger partial charge in [0.15, 0.2) is 0 Å². The van der Waals surface area contributed by atoms with Crippen LogP contribution < -0.4 is 11.1 Å². The second-order valence-electron chi connectivity index (χ2n) is 6.93. The van der Waals surface area contributed by atoms with Crippen molar-refractivity contribution in [2.75, 3.05) is 6.54 Å². The molecule has 86 valence electrons. The average molecular weight is 200 g/mol. The highest BCUT2D eigenvalue weighted by Crippen LogP contribution is 2.26. The van der Waals surface area contributed by atoms with E-state index in [0.717, 1.165) is 13.0 Å². The number of hydrogen-bond acceptors (Lipinski definition) is 2. The summed E-state index contributed by atoms with van der Waals surface area (Å²) in [4.78, 5) is 0. The smallest absolute Gasteiger partial charge is 0.0103 e. The first kappa shape index (κ1) is 13.9. The van der Waals surface area contributed by atoms with E-state index >= 15 is 0 Å². The molecule has 0 saturated carbocycles. The van der Waals surface area contributed by atoms with Gasteiger partial charge in [-0.1, -0.05) is 13.8 Å². The lowest BCUT2D eigenvalue weighted by Crippen LogP contribution is -2.46. The van der Waals surface area contributed by atoms with Crippen molar-refractivity contribution >= 4 is 0 Å². The van der Waals surface area contributed by atoms with Gasteiger partial charge in [-0.05, 0) is 46.5 Å². The molecule has 0 radical (unpaired) electrons. The lowest BCUT2D eigenvalue weighted by atomic mass is 9.80. The normalized spacial score (nSPS) is 14.6. The van der Waals surface area contributed by atoms with Crippen molar-refractivity contribution in [2.45, 2.75) is 66.0 Å². The van der Waals surface area contributed by atoms with Crippen molar-refractivity contribution in [2.24, 2.45) is 11.1 Å². The molecule has 0 heterocycles. The standard InChI is InChI=1S/C12H28N2/c1-10(2,3)14-9-11(4,5)8-12(6,7)13/h14H,8-9,13H2,1-7H3. The van der Waals surface area contributed by atoms with Gasteiger partial charge in [0.1, 0.15) is 0 Å². The summed E-state index contributed by atoms with van der Waals surface area (Å²) in [6, 6.07) is 0. The van der Waals surface area contributed by atoms with E-state index in [-0.39, 0.29) is 16.5 Å². The van der Waals surface area contributed by atoms with E-state index in [2.05, 4.69) is 53.8 Å². The third-order valence-electron chi connectivity index (χ3n) is 2.03. The highest BCUT2D eigenvalue weighted by atomic mass is 15.0. The summed E-state index contributed by atoms with van der Waals surface area (Å²) in [5.74, 6) is 0. The summed E-state index contributed by atoms with van der Waals surface area (Å²) in [6.45, 7) is 16.3. The second-order valence-corrected chi connectivity index (χ2v) is 6.93. The van der Waals surface area contributed by atoms with Crippen LogP contribution in [0, 0.1) is 5.41 Å². The Morgan fingerprint density at radius 2 is 1.36 bits per heavy atom. The number of nitrogens with two attached hydrogens (primary N) is 1.